The van der Waals surface area contributed by atoms with E-state index in [2.05, 4.69) is 19.2 Å². The summed E-state index contributed by atoms with van der Waals surface area (Å²) in [5, 5.41) is 2.78. The van der Waals surface area contributed by atoms with Crippen LogP contribution in [0.5, 0.6) is 5.75 Å². The highest BCUT2D eigenvalue weighted by atomic mass is 16.5. The highest BCUT2D eigenvalue weighted by Gasteiger charge is 2.12. The van der Waals surface area contributed by atoms with Gasteiger partial charge in [0.15, 0.2) is 5.78 Å². The zero-order valence-corrected chi connectivity index (χ0v) is 13.6. The molecule has 0 aliphatic carbocycles. The molecule has 0 atom stereocenters. The fourth-order valence-corrected chi connectivity index (χ4v) is 2.08. The molecule has 4 heteroatoms. The monoisotopic (exact) mass is 311 g/mol. The van der Waals surface area contributed by atoms with Gasteiger partial charge in [-0.1, -0.05) is 32.0 Å². The van der Waals surface area contributed by atoms with E-state index in [4.69, 9.17) is 4.74 Å². The summed E-state index contributed by atoms with van der Waals surface area (Å²) in [6, 6.07) is 14.0. The smallest absolute Gasteiger partial charge is 0.255 e. The van der Waals surface area contributed by atoms with Crippen molar-refractivity contribution < 1.29 is 14.3 Å². The van der Waals surface area contributed by atoms with Crippen molar-refractivity contribution in [1.29, 1.82) is 0 Å². The van der Waals surface area contributed by atoms with Crippen LogP contribution >= 0.6 is 0 Å². The average molecular weight is 311 g/mol. The lowest BCUT2D eigenvalue weighted by Crippen LogP contribution is -2.14. The van der Waals surface area contributed by atoms with Gasteiger partial charge >= 0.3 is 0 Å². The highest BCUT2D eigenvalue weighted by molar-refractivity contribution is 6.09. The topological polar surface area (TPSA) is 55.4 Å². The minimum atomic E-state index is -0.270. The molecule has 1 N–H and O–H groups in total. The number of ketones is 1. The maximum Gasteiger partial charge on any atom is 0.255 e. The maximum absolute atomic E-state index is 12.4. The Morgan fingerprint density at radius 3 is 2.52 bits per heavy atom. The molecule has 0 bridgehead atoms. The molecule has 4 nitrogen and oxygen atoms in total. The van der Waals surface area contributed by atoms with Crippen LogP contribution in [0.15, 0.2) is 48.5 Å². The molecule has 0 aromatic heterocycles. The zero-order valence-electron chi connectivity index (χ0n) is 13.6. The summed E-state index contributed by atoms with van der Waals surface area (Å²) in [5.41, 5.74) is 1.50. The van der Waals surface area contributed by atoms with Gasteiger partial charge in [0, 0.05) is 11.1 Å². The summed E-state index contributed by atoms with van der Waals surface area (Å²) in [4.78, 5) is 24.0. The second-order valence-electron chi connectivity index (χ2n) is 5.79. The highest BCUT2D eigenvalue weighted by Crippen LogP contribution is 2.19. The molecule has 0 radical (unpaired) electrons. The van der Waals surface area contributed by atoms with Gasteiger partial charge in [0.05, 0.1) is 12.3 Å². The van der Waals surface area contributed by atoms with E-state index in [1.54, 1.807) is 42.5 Å². The molecule has 2 aromatic carbocycles. The molecular formula is C19H21NO3. The van der Waals surface area contributed by atoms with Gasteiger partial charge in [-0.15, -0.1) is 0 Å². The lowest BCUT2D eigenvalue weighted by molar-refractivity contribution is 0.101. The van der Waals surface area contributed by atoms with Crippen molar-refractivity contribution in [2.24, 2.45) is 5.92 Å². The molecule has 0 aliphatic rings. The Balaban J connectivity index is 2.15. The molecule has 120 valence electrons. The molecule has 2 rings (SSSR count). The summed E-state index contributed by atoms with van der Waals surface area (Å²) in [5.74, 6) is 0.713. The van der Waals surface area contributed by atoms with Gasteiger partial charge in [0.2, 0.25) is 0 Å². The third-order valence-corrected chi connectivity index (χ3v) is 3.23. The first kappa shape index (κ1) is 16.7. The summed E-state index contributed by atoms with van der Waals surface area (Å²) >= 11 is 0. The van der Waals surface area contributed by atoms with Crippen LogP contribution in [0.3, 0.4) is 0 Å². The number of para-hydroxylation sites is 1. The van der Waals surface area contributed by atoms with Crippen LogP contribution < -0.4 is 10.1 Å². The van der Waals surface area contributed by atoms with Gasteiger partial charge < -0.3 is 10.1 Å². The average Bonchev–Trinajstić information content (AvgIpc) is 2.53. The first-order chi connectivity index (χ1) is 11.0. The minimum Gasteiger partial charge on any atom is -0.493 e. The van der Waals surface area contributed by atoms with Gasteiger partial charge in [-0.2, -0.15) is 0 Å². The van der Waals surface area contributed by atoms with E-state index in [9.17, 15) is 9.59 Å². The van der Waals surface area contributed by atoms with E-state index in [0.29, 0.717) is 35.1 Å². The molecule has 0 spiro atoms. The van der Waals surface area contributed by atoms with Crippen molar-refractivity contribution in [2.75, 3.05) is 11.9 Å². The van der Waals surface area contributed by atoms with Crippen LogP contribution in [-0.4, -0.2) is 18.3 Å². The van der Waals surface area contributed by atoms with E-state index in [-0.39, 0.29) is 11.7 Å². The Bertz CT molecular complexity index is 707. The van der Waals surface area contributed by atoms with Gasteiger partial charge in [-0.05, 0) is 43.2 Å². The second kappa shape index (κ2) is 7.58. The predicted octanol–water partition coefficient (Wildman–Crippen LogP) is 4.18. The van der Waals surface area contributed by atoms with Gasteiger partial charge in [-0.3, -0.25) is 9.59 Å². The number of hydrogen-bond donors (Lipinski definition) is 1. The summed E-state index contributed by atoms with van der Waals surface area (Å²) in [7, 11) is 0. The molecule has 2 aromatic rings. The molecule has 0 saturated carbocycles. The van der Waals surface area contributed by atoms with E-state index >= 15 is 0 Å². The minimum absolute atomic E-state index is 0.0880. The van der Waals surface area contributed by atoms with Crippen LogP contribution in [0.1, 0.15) is 41.5 Å². The van der Waals surface area contributed by atoms with Crippen LogP contribution in [-0.2, 0) is 0 Å². The van der Waals surface area contributed by atoms with Crippen molar-refractivity contribution in [3.05, 3.63) is 59.7 Å². The molecule has 23 heavy (non-hydrogen) atoms. The number of hydrogen-bond acceptors (Lipinski definition) is 3. The normalized spacial score (nSPS) is 10.4. The first-order valence-corrected chi connectivity index (χ1v) is 7.61. The number of rotatable bonds is 6. The molecule has 0 unspecified atom stereocenters. The van der Waals surface area contributed by atoms with E-state index in [1.165, 1.54) is 6.92 Å². The van der Waals surface area contributed by atoms with Crippen molar-refractivity contribution in [2.45, 2.75) is 20.8 Å². The number of amides is 1. The third kappa shape index (κ3) is 4.68. The molecule has 0 saturated heterocycles. The van der Waals surface area contributed by atoms with Gasteiger partial charge in [0.1, 0.15) is 5.75 Å². The predicted molar refractivity (Wildman–Crippen MR) is 91.2 cm³/mol. The molecular weight excluding hydrogens is 290 g/mol. The van der Waals surface area contributed by atoms with Crippen molar-refractivity contribution in [3.63, 3.8) is 0 Å². The summed E-state index contributed by atoms with van der Waals surface area (Å²) in [6.45, 7) is 6.20. The fraction of sp³-hybridized carbons (Fsp3) is 0.263. The summed E-state index contributed by atoms with van der Waals surface area (Å²) < 4.78 is 5.64. The number of anilines is 1. The fourth-order valence-electron chi connectivity index (χ4n) is 2.08. The Morgan fingerprint density at radius 2 is 1.83 bits per heavy atom. The summed E-state index contributed by atoms with van der Waals surface area (Å²) in [6.07, 6.45) is 0. The number of nitrogens with one attached hydrogen (secondary N) is 1. The molecule has 1 amide bonds. The maximum atomic E-state index is 12.4. The Labute approximate surface area is 136 Å². The molecule has 0 aliphatic heterocycles. The lowest BCUT2D eigenvalue weighted by Gasteiger charge is -2.11. The molecule has 0 fully saturated rings. The van der Waals surface area contributed by atoms with Gasteiger partial charge in [0.25, 0.3) is 5.91 Å². The lowest BCUT2D eigenvalue weighted by atomic mass is 10.1. The molecule has 0 heterocycles. The third-order valence-electron chi connectivity index (χ3n) is 3.23. The van der Waals surface area contributed by atoms with Crippen LogP contribution in [0, 0.1) is 5.92 Å². The Hall–Kier alpha value is -2.62. The quantitative estimate of drug-likeness (QED) is 0.814. The van der Waals surface area contributed by atoms with E-state index < -0.39 is 0 Å². The number of ether oxygens (including phenoxy) is 1. The van der Waals surface area contributed by atoms with E-state index in [0.717, 1.165) is 0 Å². The van der Waals surface area contributed by atoms with Crippen LogP contribution in [0.2, 0.25) is 0 Å². The van der Waals surface area contributed by atoms with Crippen LogP contribution in [0.4, 0.5) is 5.69 Å². The second-order valence-corrected chi connectivity index (χ2v) is 5.79. The van der Waals surface area contributed by atoms with Crippen molar-refractivity contribution in [1.82, 2.24) is 0 Å². The number of benzene rings is 2. The number of carbonyl (C=O) groups is 2. The van der Waals surface area contributed by atoms with Crippen LogP contribution in [0.25, 0.3) is 0 Å². The standard InChI is InChI=1S/C19H21NO3/c1-13(2)12-23-16-8-6-7-15(11-16)19(22)20-18-10-5-4-9-17(18)14(3)21/h4-11,13H,12H2,1-3H3,(H,20,22). The van der Waals surface area contributed by atoms with Gasteiger partial charge in [-0.25, -0.2) is 0 Å². The first-order valence-electron chi connectivity index (χ1n) is 7.61. The Kier molecular flexibility index (Phi) is 5.52. The van der Waals surface area contributed by atoms with Crippen molar-refractivity contribution in [3.8, 4) is 5.75 Å². The number of Topliss-reactive ketones (excluding diaryl/α,β-unsaturated/α-hetero) is 1. The Morgan fingerprint density at radius 1 is 1.09 bits per heavy atom. The largest absolute Gasteiger partial charge is 0.493 e. The zero-order chi connectivity index (χ0) is 16.8. The number of carbonyl (C=O) groups excluding carboxylic acids is 2. The van der Waals surface area contributed by atoms with E-state index in [1.807, 2.05) is 6.07 Å². The SMILES string of the molecule is CC(=O)c1ccccc1NC(=O)c1cccc(OCC(C)C)c1. The van der Waals surface area contributed by atoms with Crippen molar-refractivity contribution >= 4 is 17.4 Å².